The molecular weight excluding hydrogens is 649 g/mol. The lowest BCUT2D eigenvalue weighted by Gasteiger charge is -2.34. The lowest BCUT2D eigenvalue weighted by molar-refractivity contribution is -0.132. The molecule has 266 valence electrons. The van der Waals surface area contributed by atoms with Crippen LogP contribution in [0.4, 0.5) is 4.39 Å². The number of carbonyl (C=O) groups excluding carboxylic acids is 2. The molecule has 3 rings (SSSR count). The van der Waals surface area contributed by atoms with Crippen LogP contribution in [0.1, 0.15) is 51.3 Å². The van der Waals surface area contributed by atoms with Crippen molar-refractivity contribution in [2.45, 2.75) is 70.7 Å². The van der Waals surface area contributed by atoms with Gasteiger partial charge in [0.15, 0.2) is 0 Å². The van der Waals surface area contributed by atoms with Gasteiger partial charge in [-0.15, -0.1) is 0 Å². The summed E-state index contributed by atoms with van der Waals surface area (Å²) in [7, 11) is -4.08. The van der Waals surface area contributed by atoms with Crippen molar-refractivity contribution in [3.05, 3.63) is 101 Å². The maximum absolute atomic E-state index is 13.9. The van der Waals surface area contributed by atoms with Gasteiger partial charge in [-0.05, 0) is 58.7 Å². The maximum atomic E-state index is 13.9. The highest BCUT2D eigenvalue weighted by atomic mass is 32.2. The average molecular weight is 698 g/mol. The minimum atomic E-state index is -4.08. The molecule has 0 aliphatic rings. The van der Waals surface area contributed by atoms with Crippen molar-refractivity contribution in [2.75, 3.05) is 19.6 Å². The number of benzene rings is 3. The van der Waals surface area contributed by atoms with Crippen molar-refractivity contribution in [2.24, 2.45) is 16.5 Å². The largest absolute Gasteiger partial charge is 0.411 e. The zero-order valence-corrected chi connectivity index (χ0v) is 29.5. The van der Waals surface area contributed by atoms with Crippen LogP contribution in [0, 0.1) is 17.2 Å². The normalized spacial score (nSPS) is 14.1. The van der Waals surface area contributed by atoms with E-state index in [1.165, 1.54) is 46.9 Å². The second-order valence-electron chi connectivity index (χ2n) is 13.5. The van der Waals surface area contributed by atoms with Gasteiger partial charge >= 0.3 is 0 Å². The number of aliphatic hydroxyl groups excluding tert-OH is 1. The van der Waals surface area contributed by atoms with Crippen LogP contribution >= 0.6 is 0 Å². The molecule has 0 unspecified atom stereocenters. The fourth-order valence-electron chi connectivity index (χ4n) is 5.23. The van der Waals surface area contributed by atoms with Crippen molar-refractivity contribution in [1.82, 2.24) is 20.3 Å². The fraction of sp³-hybridized carbons (Fsp3) is 0.417. The number of carbonyl (C=O) groups is 2. The lowest BCUT2D eigenvalue weighted by Crippen LogP contribution is -2.59. The van der Waals surface area contributed by atoms with Crippen molar-refractivity contribution in [1.29, 1.82) is 0 Å². The van der Waals surface area contributed by atoms with Gasteiger partial charge in [0.1, 0.15) is 11.9 Å². The minimum absolute atomic E-state index is 0.000557. The van der Waals surface area contributed by atoms with E-state index in [1.54, 1.807) is 32.9 Å². The first-order valence-corrected chi connectivity index (χ1v) is 17.6. The standard InChI is InChI=1S/C36H48FN5O6S/c1-25(2)23-42(49(47,48)30-16-14-27(15-17-30)21-39-46)24-32(43)31(19-26-10-7-6-8-11-26)40-35(45)34(36(3,4)5)41-33(44)22-38-20-28-12-9-13-29(37)18-28/h6-18,21,25,31-32,34,38,43,46H,19-20,22-24H2,1-5H3,(H,40,45)(H,41,44)/t31-,32+,34-/m0/s1. The summed E-state index contributed by atoms with van der Waals surface area (Å²) in [4.78, 5) is 26.8. The van der Waals surface area contributed by atoms with Crippen LogP contribution in [-0.4, -0.2) is 78.9 Å². The Hall–Kier alpha value is -4.17. The number of halogens is 1. The summed E-state index contributed by atoms with van der Waals surface area (Å²) in [6, 6.07) is 19.1. The van der Waals surface area contributed by atoms with Gasteiger partial charge < -0.3 is 26.3 Å². The lowest BCUT2D eigenvalue weighted by atomic mass is 9.85. The van der Waals surface area contributed by atoms with Gasteiger partial charge in [0.05, 0.1) is 29.8 Å². The molecule has 0 aliphatic carbocycles. The summed E-state index contributed by atoms with van der Waals surface area (Å²) in [5, 5.41) is 32.1. The van der Waals surface area contributed by atoms with Crippen molar-refractivity contribution in [3.8, 4) is 0 Å². The SMILES string of the molecule is CC(C)CN(C[C@@H](O)[C@H](Cc1ccccc1)NC(=O)[C@H](NC(=O)CNCc1cccc(F)c1)C(C)(C)C)S(=O)(=O)c1ccc(C=NO)cc1. The van der Waals surface area contributed by atoms with E-state index in [-0.39, 0.29) is 49.2 Å². The maximum Gasteiger partial charge on any atom is 0.243 e. The molecule has 49 heavy (non-hydrogen) atoms. The number of rotatable bonds is 17. The zero-order valence-electron chi connectivity index (χ0n) is 28.6. The van der Waals surface area contributed by atoms with E-state index in [2.05, 4.69) is 21.1 Å². The first kappa shape index (κ1) is 39.3. The van der Waals surface area contributed by atoms with Crippen LogP contribution in [0.3, 0.4) is 0 Å². The fourth-order valence-corrected chi connectivity index (χ4v) is 6.85. The van der Waals surface area contributed by atoms with E-state index in [9.17, 15) is 27.5 Å². The number of aliphatic hydroxyl groups is 1. The highest BCUT2D eigenvalue weighted by Gasteiger charge is 2.36. The van der Waals surface area contributed by atoms with Crippen LogP contribution in [0.5, 0.6) is 0 Å². The molecular formula is C36H48FN5O6S. The number of hydrogen-bond donors (Lipinski definition) is 5. The number of sulfonamides is 1. The van der Waals surface area contributed by atoms with Gasteiger partial charge in [-0.3, -0.25) is 9.59 Å². The van der Waals surface area contributed by atoms with Crippen LogP contribution in [0.15, 0.2) is 88.9 Å². The predicted octanol–water partition coefficient (Wildman–Crippen LogP) is 3.69. The molecule has 3 atom stereocenters. The Morgan fingerprint density at radius 3 is 2.18 bits per heavy atom. The first-order valence-electron chi connectivity index (χ1n) is 16.1. The molecule has 0 radical (unpaired) electrons. The zero-order chi connectivity index (χ0) is 36.2. The van der Waals surface area contributed by atoms with E-state index in [0.29, 0.717) is 11.1 Å². The Morgan fingerprint density at radius 1 is 0.939 bits per heavy atom. The van der Waals surface area contributed by atoms with Crippen molar-refractivity contribution >= 4 is 28.1 Å². The van der Waals surface area contributed by atoms with E-state index in [1.807, 2.05) is 44.2 Å². The van der Waals surface area contributed by atoms with Crippen LogP contribution < -0.4 is 16.0 Å². The van der Waals surface area contributed by atoms with E-state index >= 15 is 0 Å². The summed E-state index contributed by atoms with van der Waals surface area (Å²) in [6.45, 7) is 9.05. The second kappa shape index (κ2) is 18.0. The Balaban J connectivity index is 1.82. The summed E-state index contributed by atoms with van der Waals surface area (Å²) in [6.07, 6.45) is 0.0424. The Kier molecular flexibility index (Phi) is 14.4. The van der Waals surface area contributed by atoms with Gasteiger partial charge in [-0.1, -0.05) is 94.4 Å². The van der Waals surface area contributed by atoms with Crippen LogP contribution in [0.2, 0.25) is 0 Å². The molecule has 5 N–H and O–H groups in total. The topological polar surface area (TPSA) is 160 Å². The first-order chi connectivity index (χ1) is 23.1. The van der Waals surface area contributed by atoms with Gasteiger partial charge in [0, 0.05) is 19.6 Å². The van der Waals surface area contributed by atoms with Gasteiger partial charge in [-0.25, -0.2) is 12.8 Å². The number of amides is 2. The van der Waals surface area contributed by atoms with E-state index < -0.39 is 45.4 Å². The quantitative estimate of drug-likeness (QED) is 0.0817. The van der Waals surface area contributed by atoms with Gasteiger partial charge in [0.2, 0.25) is 21.8 Å². The third kappa shape index (κ3) is 12.3. The monoisotopic (exact) mass is 697 g/mol. The molecule has 0 bridgehead atoms. The summed E-state index contributed by atoms with van der Waals surface area (Å²) in [5.74, 6) is -1.45. The van der Waals surface area contributed by atoms with E-state index in [4.69, 9.17) is 5.21 Å². The number of nitrogens with one attached hydrogen (secondary N) is 3. The van der Waals surface area contributed by atoms with E-state index in [0.717, 1.165) is 5.56 Å². The molecule has 2 amide bonds. The third-order valence-electron chi connectivity index (χ3n) is 7.71. The molecule has 3 aromatic rings. The molecule has 13 heteroatoms. The number of nitrogens with zero attached hydrogens (tertiary/aromatic N) is 2. The molecule has 3 aromatic carbocycles. The summed E-state index contributed by atoms with van der Waals surface area (Å²) < 4.78 is 42.3. The van der Waals surface area contributed by atoms with Crippen LogP contribution in [0.25, 0.3) is 0 Å². The predicted molar refractivity (Wildman–Crippen MR) is 187 cm³/mol. The van der Waals surface area contributed by atoms with Gasteiger partial charge in [0.25, 0.3) is 0 Å². The third-order valence-corrected chi connectivity index (χ3v) is 9.56. The Morgan fingerprint density at radius 2 is 1.59 bits per heavy atom. The van der Waals surface area contributed by atoms with Crippen molar-refractivity contribution < 1.29 is 32.7 Å². The Labute approximate surface area is 288 Å². The van der Waals surface area contributed by atoms with Crippen LogP contribution in [-0.2, 0) is 32.6 Å². The van der Waals surface area contributed by atoms with Crippen molar-refractivity contribution in [3.63, 3.8) is 0 Å². The molecule has 0 heterocycles. The molecule has 0 aliphatic heterocycles. The number of hydrogen-bond acceptors (Lipinski definition) is 8. The highest BCUT2D eigenvalue weighted by molar-refractivity contribution is 7.89. The molecule has 0 saturated heterocycles. The smallest absolute Gasteiger partial charge is 0.243 e. The molecule has 0 spiro atoms. The Bertz CT molecular complexity index is 1650. The minimum Gasteiger partial charge on any atom is -0.411 e. The highest BCUT2D eigenvalue weighted by Crippen LogP contribution is 2.22. The summed E-state index contributed by atoms with van der Waals surface area (Å²) >= 11 is 0. The number of oxime groups is 1. The average Bonchev–Trinajstić information content (AvgIpc) is 3.03. The molecule has 0 aromatic heterocycles. The molecule has 0 fully saturated rings. The molecule has 0 saturated carbocycles. The molecule has 11 nitrogen and oxygen atoms in total. The second-order valence-corrected chi connectivity index (χ2v) is 15.4. The van der Waals surface area contributed by atoms with Gasteiger partial charge in [-0.2, -0.15) is 4.31 Å². The summed E-state index contributed by atoms with van der Waals surface area (Å²) in [5.41, 5.74) is 1.25.